The second-order valence-corrected chi connectivity index (χ2v) is 8.18. The van der Waals surface area contributed by atoms with Crippen LogP contribution >= 0.6 is 11.5 Å². The quantitative estimate of drug-likeness (QED) is 0.848. The van der Waals surface area contributed by atoms with E-state index in [-0.39, 0.29) is 5.91 Å². The van der Waals surface area contributed by atoms with E-state index < -0.39 is 0 Å². The van der Waals surface area contributed by atoms with Crippen molar-refractivity contribution < 1.29 is 4.79 Å². The molecule has 0 radical (unpaired) electrons. The zero-order valence-corrected chi connectivity index (χ0v) is 15.3. The number of fused-ring (bicyclic) bond motifs is 1. The van der Waals surface area contributed by atoms with E-state index in [1.165, 1.54) is 30.9 Å². The zero-order valence-electron chi connectivity index (χ0n) is 14.5. The molecule has 0 spiro atoms. The number of rotatable bonds is 4. The molecule has 2 atom stereocenters. The number of piperidine rings is 2. The summed E-state index contributed by atoms with van der Waals surface area (Å²) in [6, 6.07) is 0.410. The Balaban J connectivity index is 1.65. The second-order valence-electron chi connectivity index (χ2n) is 7.43. The molecular weight excluding hydrogens is 308 g/mol. The standard InChI is InChI=1S/C17H28N4OS/c1-12(2)6-9-20-10-7-15-14(11-20)5-4-8-21(15)17(22)16-13(3)18-19-23-16/h12,14-15H,4-11H2,1-3H3/t14-,15-/m1/s1. The van der Waals surface area contributed by atoms with Crippen molar-refractivity contribution in [3.63, 3.8) is 0 Å². The lowest BCUT2D eigenvalue weighted by Crippen LogP contribution is -2.55. The van der Waals surface area contributed by atoms with Crippen LogP contribution in [0.5, 0.6) is 0 Å². The van der Waals surface area contributed by atoms with Gasteiger partial charge < -0.3 is 9.80 Å². The third-order valence-electron chi connectivity index (χ3n) is 5.28. The normalized spacial score (nSPS) is 25.7. The average molecular weight is 337 g/mol. The van der Waals surface area contributed by atoms with Crippen molar-refractivity contribution >= 4 is 17.4 Å². The van der Waals surface area contributed by atoms with Crippen LogP contribution in [0.25, 0.3) is 0 Å². The summed E-state index contributed by atoms with van der Waals surface area (Å²) in [5.74, 6) is 1.55. The summed E-state index contributed by atoms with van der Waals surface area (Å²) in [4.78, 5) is 18.3. The van der Waals surface area contributed by atoms with E-state index in [1.807, 2.05) is 6.92 Å². The summed E-state index contributed by atoms with van der Waals surface area (Å²) in [5, 5.41) is 4.00. The van der Waals surface area contributed by atoms with Crippen molar-refractivity contribution in [2.45, 2.75) is 52.5 Å². The van der Waals surface area contributed by atoms with Gasteiger partial charge in [-0.25, -0.2) is 0 Å². The van der Waals surface area contributed by atoms with Crippen LogP contribution in [0.4, 0.5) is 0 Å². The Morgan fingerprint density at radius 1 is 1.35 bits per heavy atom. The van der Waals surface area contributed by atoms with Gasteiger partial charge in [0.2, 0.25) is 0 Å². The first kappa shape index (κ1) is 16.8. The van der Waals surface area contributed by atoms with Crippen molar-refractivity contribution in [2.24, 2.45) is 11.8 Å². The molecule has 2 aliphatic heterocycles. The van der Waals surface area contributed by atoms with Gasteiger partial charge >= 0.3 is 0 Å². The molecule has 2 aliphatic rings. The van der Waals surface area contributed by atoms with Crippen LogP contribution in [0.2, 0.25) is 0 Å². The molecule has 1 aromatic heterocycles. The lowest BCUT2D eigenvalue weighted by atomic mass is 9.83. The zero-order chi connectivity index (χ0) is 16.4. The van der Waals surface area contributed by atoms with Gasteiger partial charge in [-0.2, -0.15) is 0 Å². The molecule has 6 heteroatoms. The maximum Gasteiger partial charge on any atom is 0.267 e. The van der Waals surface area contributed by atoms with Crippen molar-refractivity contribution in [2.75, 3.05) is 26.2 Å². The first-order valence-electron chi connectivity index (χ1n) is 8.88. The fraction of sp³-hybridized carbons (Fsp3) is 0.824. The number of likely N-dealkylation sites (tertiary alicyclic amines) is 2. The van der Waals surface area contributed by atoms with Gasteiger partial charge in [-0.05, 0) is 62.5 Å². The minimum Gasteiger partial charge on any atom is -0.334 e. The van der Waals surface area contributed by atoms with Crippen molar-refractivity contribution in [1.29, 1.82) is 0 Å². The van der Waals surface area contributed by atoms with Gasteiger partial charge in [-0.15, -0.1) is 5.10 Å². The number of aromatic nitrogens is 2. The van der Waals surface area contributed by atoms with Gasteiger partial charge in [0.1, 0.15) is 4.88 Å². The molecule has 3 heterocycles. The molecule has 0 unspecified atom stereocenters. The van der Waals surface area contributed by atoms with E-state index >= 15 is 0 Å². The molecule has 3 rings (SSSR count). The molecule has 0 N–H and O–H groups in total. The summed E-state index contributed by atoms with van der Waals surface area (Å²) >= 11 is 1.24. The molecular formula is C17H28N4OS. The van der Waals surface area contributed by atoms with Crippen molar-refractivity contribution in [3.8, 4) is 0 Å². The predicted molar refractivity (Wildman–Crippen MR) is 92.7 cm³/mol. The number of carbonyl (C=O) groups excluding carboxylic acids is 1. The monoisotopic (exact) mass is 336 g/mol. The maximum atomic E-state index is 12.9. The first-order valence-corrected chi connectivity index (χ1v) is 9.66. The van der Waals surface area contributed by atoms with E-state index in [9.17, 15) is 4.79 Å². The number of carbonyl (C=O) groups is 1. The van der Waals surface area contributed by atoms with Crippen molar-refractivity contribution in [3.05, 3.63) is 10.6 Å². The van der Waals surface area contributed by atoms with Crippen LogP contribution in [0.15, 0.2) is 0 Å². The summed E-state index contributed by atoms with van der Waals surface area (Å²) in [6.07, 6.45) is 4.76. The minimum atomic E-state index is 0.155. The molecule has 1 amide bonds. The Hall–Kier alpha value is -1.01. The molecule has 0 bridgehead atoms. The van der Waals surface area contributed by atoms with Crippen molar-refractivity contribution in [1.82, 2.24) is 19.4 Å². The number of hydrogen-bond acceptors (Lipinski definition) is 5. The fourth-order valence-electron chi connectivity index (χ4n) is 3.93. The highest BCUT2D eigenvalue weighted by Gasteiger charge is 2.39. The maximum absolute atomic E-state index is 12.9. The molecule has 2 saturated heterocycles. The summed E-state index contributed by atoms with van der Waals surface area (Å²) in [5.41, 5.74) is 0.775. The van der Waals surface area contributed by atoms with Crippen LogP contribution in [0.1, 0.15) is 54.9 Å². The molecule has 0 aromatic carbocycles. The second kappa shape index (κ2) is 7.26. The van der Waals surface area contributed by atoms with Gasteiger partial charge in [0.25, 0.3) is 5.91 Å². The highest BCUT2D eigenvalue weighted by Crippen LogP contribution is 2.32. The smallest absolute Gasteiger partial charge is 0.267 e. The van der Waals surface area contributed by atoms with Gasteiger partial charge in [-0.1, -0.05) is 18.3 Å². The van der Waals surface area contributed by atoms with E-state index in [2.05, 4.69) is 33.2 Å². The lowest BCUT2D eigenvalue weighted by molar-refractivity contribution is 0.0197. The summed E-state index contributed by atoms with van der Waals surface area (Å²) in [7, 11) is 0. The van der Waals surface area contributed by atoms with E-state index in [4.69, 9.17) is 0 Å². The first-order chi connectivity index (χ1) is 11.1. The molecule has 0 aliphatic carbocycles. The SMILES string of the molecule is Cc1nnsc1C(=O)N1CCC[C@@H]2CN(CCC(C)C)CC[C@H]21. The predicted octanol–water partition coefficient (Wildman–Crippen LogP) is 2.82. The summed E-state index contributed by atoms with van der Waals surface area (Å²) in [6.45, 7) is 10.8. The molecule has 128 valence electrons. The highest BCUT2D eigenvalue weighted by molar-refractivity contribution is 7.07. The van der Waals surface area contributed by atoms with Gasteiger partial charge in [0, 0.05) is 25.7 Å². The Kier molecular flexibility index (Phi) is 5.31. The minimum absolute atomic E-state index is 0.155. The Morgan fingerprint density at radius 3 is 2.87 bits per heavy atom. The Labute approximate surface area is 143 Å². The largest absolute Gasteiger partial charge is 0.334 e. The third kappa shape index (κ3) is 3.74. The Morgan fingerprint density at radius 2 is 2.17 bits per heavy atom. The van der Waals surface area contributed by atoms with E-state index in [0.29, 0.717) is 12.0 Å². The van der Waals surface area contributed by atoms with Crippen LogP contribution in [-0.4, -0.2) is 57.5 Å². The van der Waals surface area contributed by atoms with Crippen LogP contribution in [0.3, 0.4) is 0 Å². The number of amides is 1. The van der Waals surface area contributed by atoms with Crippen LogP contribution < -0.4 is 0 Å². The number of aryl methyl sites for hydroxylation is 1. The van der Waals surface area contributed by atoms with E-state index in [1.54, 1.807) is 0 Å². The lowest BCUT2D eigenvalue weighted by Gasteiger charge is -2.47. The number of hydrogen-bond donors (Lipinski definition) is 0. The number of nitrogens with zero attached hydrogens (tertiary/aromatic N) is 4. The highest BCUT2D eigenvalue weighted by atomic mass is 32.1. The van der Waals surface area contributed by atoms with Crippen LogP contribution in [-0.2, 0) is 0 Å². The van der Waals surface area contributed by atoms with Gasteiger partial charge in [-0.3, -0.25) is 4.79 Å². The molecule has 0 saturated carbocycles. The topological polar surface area (TPSA) is 49.3 Å². The average Bonchev–Trinajstić information content (AvgIpc) is 2.97. The van der Waals surface area contributed by atoms with Gasteiger partial charge in [0.05, 0.1) is 5.69 Å². The molecule has 5 nitrogen and oxygen atoms in total. The Bertz CT molecular complexity index is 544. The fourth-order valence-corrected chi connectivity index (χ4v) is 4.55. The van der Waals surface area contributed by atoms with E-state index in [0.717, 1.165) is 49.0 Å². The molecule has 1 aromatic rings. The molecule has 2 fully saturated rings. The summed E-state index contributed by atoms with van der Waals surface area (Å²) < 4.78 is 3.93. The van der Waals surface area contributed by atoms with Gasteiger partial charge in [0.15, 0.2) is 0 Å². The third-order valence-corrected chi connectivity index (χ3v) is 6.10. The van der Waals surface area contributed by atoms with Crippen LogP contribution in [0, 0.1) is 18.8 Å². The molecule has 23 heavy (non-hydrogen) atoms.